The van der Waals surface area contributed by atoms with Crippen molar-refractivity contribution in [1.29, 1.82) is 0 Å². The number of ether oxygens (including phenoxy) is 1. The van der Waals surface area contributed by atoms with Gasteiger partial charge in [0.2, 0.25) is 11.6 Å². The van der Waals surface area contributed by atoms with Gasteiger partial charge in [-0.05, 0) is 6.42 Å². The van der Waals surface area contributed by atoms with E-state index in [1.54, 1.807) is 4.90 Å². The van der Waals surface area contributed by atoms with Gasteiger partial charge in [-0.2, -0.15) is 0 Å². The number of methoxy groups -OCH3 is 1. The maximum Gasteiger partial charge on any atom is 0.407 e. The highest BCUT2D eigenvalue weighted by Gasteiger charge is 2.32. The molecule has 0 spiro atoms. The average molecular weight is 297 g/mol. The summed E-state index contributed by atoms with van der Waals surface area (Å²) in [4.78, 5) is 31.1. The monoisotopic (exact) mass is 297 g/mol. The van der Waals surface area contributed by atoms with Crippen molar-refractivity contribution in [3.63, 3.8) is 0 Å². The number of hydrazine groups is 1. The molecule has 4 N–H and O–H groups in total. The number of nitro groups is 1. The van der Waals surface area contributed by atoms with E-state index >= 15 is 0 Å². The van der Waals surface area contributed by atoms with Crippen LogP contribution in [0.1, 0.15) is 6.42 Å². The van der Waals surface area contributed by atoms with E-state index in [1.165, 1.54) is 13.4 Å². The van der Waals surface area contributed by atoms with Crippen molar-refractivity contribution in [2.24, 2.45) is 5.84 Å². The van der Waals surface area contributed by atoms with Crippen LogP contribution in [-0.4, -0.2) is 47.2 Å². The van der Waals surface area contributed by atoms with E-state index in [2.05, 4.69) is 25.4 Å². The molecule has 0 saturated carbocycles. The maximum atomic E-state index is 11.2. The minimum absolute atomic E-state index is 0.0608. The van der Waals surface area contributed by atoms with Gasteiger partial charge in [0.1, 0.15) is 6.33 Å². The molecular weight excluding hydrogens is 282 g/mol. The molecule has 114 valence electrons. The Kier molecular flexibility index (Phi) is 4.33. The van der Waals surface area contributed by atoms with Crippen molar-refractivity contribution in [2.45, 2.75) is 12.5 Å². The Labute approximate surface area is 119 Å². The van der Waals surface area contributed by atoms with Gasteiger partial charge in [0.15, 0.2) is 0 Å². The summed E-state index contributed by atoms with van der Waals surface area (Å²) in [5, 5.41) is 13.8. The summed E-state index contributed by atoms with van der Waals surface area (Å²) in [5.74, 6) is 5.33. The van der Waals surface area contributed by atoms with Crippen molar-refractivity contribution >= 4 is 23.4 Å². The number of amides is 1. The van der Waals surface area contributed by atoms with Gasteiger partial charge in [0.05, 0.1) is 18.1 Å². The molecule has 21 heavy (non-hydrogen) atoms. The van der Waals surface area contributed by atoms with Crippen LogP contribution < -0.4 is 21.5 Å². The first-order chi connectivity index (χ1) is 10.1. The average Bonchev–Trinajstić information content (AvgIpc) is 2.94. The van der Waals surface area contributed by atoms with Crippen LogP contribution in [0.25, 0.3) is 0 Å². The highest BCUT2D eigenvalue weighted by atomic mass is 16.6. The predicted molar refractivity (Wildman–Crippen MR) is 72.7 cm³/mol. The van der Waals surface area contributed by atoms with Crippen molar-refractivity contribution < 1.29 is 14.5 Å². The fourth-order valence-electron chi connectivity index (χ4n) is 2.17. The fourth-order valence-corrected chi connectivity index (χ4v) is 2.17. The topological polar surface area (TPSA) is 149 Å². The third-order valence-electron chi connectivity index (χ3n) is 3.12. The normalized spacial score (nSPS) is 17.4. The number of aromatic nitrogens is 2. The lowest BCUT2D eigenvalue weighted by Gasteiger charge is -2.18. The van der Waals surface area contributed by atoms with E-state index in [1.807, 2.05) is 0 Å². The highest BCUT2D eigenvalue weighted by molar-refractivity contribution is 5.71. The number of alkyl carbamates (subject to hydrolysis) is 1. The first kappa shape index (κ1) is 14.7. The molecular formula is C10H15N7O4. The van der Waals surface area contributed by atoms with Gasteiger partial charge in [-0.15, -0.1) is 0 Å². The lowest BCUT2D eigenvalue weighted by Crippen LogP contribution is -2.37. The number of anilines is 2. The molecule has 1 aliphatic rings. The molecule has 1 aromatic rings. The number of nitrogen functional groups attached to an aromatic ring is 1. The smallest absolute Gasteiger partial charge is 0.407 e. The number of hydrogen-bond acceptors (Lipinski definition) is 9. The summed E-state index contributed by atoms with van der Waals surface area (Å²) in [5.41, 5.74) is 1.89. The van der Waals surface area contributed by atoms with Gasteiger partial charge < -0.3 is 20.4 Å². The van der Waals surface area contributed by atoms with Gasteiger partial charge in [-0.25, -0.2) is 20.6 Å². The minimum Gasteiger partial charge on any atom is -0.453 e. The molecule has 0 bridgehead atoms. The van der Waals surface area contributed by atoms with Crippen LogP contribution in [0, 0.1) is 10.1 Å². The Morgan fingerprint density at radius 2 is 2.38 bits per heavy atom. The Balaban J connectivity index is 2.20. The first-order valence-electron chi connectivity index (χ1n) is 6.12. The van der Waals surface area contributed by atoms with Crippen molar-refractivity contribution in [3.8, 4) is 0 Å². The molecule has 2 rings (SSSR count). The van der Waals surface area contributed by atoms with Crippen LogP contribution in [0.3, 0.4) is 0 Å². The standard InChI is InChI=1S/C10H15N7O4/c1-21-10(18)14-6-2-3-16(4-6)9-7(17(19)20)8(15-11)12-5-13-9/h5-6H,2-4,11H2,1H3,(H,14,18)(H,12,13,15). The van der Waals surface area contributed by atoms with Crippen molar-refractivity contribution in [1.82, 2.24) is 15.3 Å². The molecule has 0 aliphatic carbocycles. The predicted octanol–water partition coefficient (Wildman–Crippen LogP) is -0.395. The zero-order valence-corrected chi connectivity index (χ0v) is 11.3. The number of carbonyl (C=O) groups excluding carboxylic acids is 1. The van der Waals surface area contributed by atoms with E-state index in [9.17, 15) is 14.9 Å². The lowest BCUT2D eigenvalue weighted by atomic mass is 10.3. The van der Waals surface area contributed by atoms with Crippen LogP contribution in [0.15, 0.2) is 6.33 Å². The Hall–Kier alpha value is -2.69. The Morgan fingerprint density at radius 3 is 3.00 bits per heavy atom. The fraction of sp³-hybridized carbons (Fsp3) is 0.500. The summed E-state index contributed by atoms with van der Waals surface area (Å²) in [6.45, 7) is 0.896. The van der Waals surface area contributed by atoms with E-state index in [4.69, 9.17) is 5.84 Å². The van der Waals surface area contributed by atoms with Gasteiger partial charge in [-0.1, -0.05) is 0 Å². The molecule has 1 saturated heterocycles. The molecule has 1 atom stereocenters. The molecule has 0 aromatic carbocycles. The molecule has 1 fully saturated rings. The molecule has 11 nitrogen and oxygen atoms in total. The third-order valence-corrected chi connectivity index (χ3v) is 3.12. The SMILES string of the molecule is COC(=O)NC1CCN(c2ncnc(NN)c2[N+](=O)[O-])C1. The third kappa shape index (κ3) is 3.08. The van der Waals surface area contributed by atoms with Crippen LogP contribution in [0.4, 0.5) is 22.1 Å². The van der Waals surface area contributed by atoms with Gasteiger partial charge in [0, 0.05) is 13.1 Å². The second-order valence-electron chi connectivity index (χ2n) is 4.36. The van der Waals surface area contributed by atoms with Crippen LogP contribution in [0.2, 0.25) is 0 Å². The second kappa shape index (κ2) is 6.17. The van der Waals surface area contributed by atoms with Gasteiger partial charge in [-0.3, -0.25) is 10.1 Å². The molecule has 1 amide bonds. The Morgan fingerprint density at radius 1 is 1.62 bits per heavy atom. The van der Waals surface area contributed by atoms with Crippen LogP contribution in [-0.2, 0) is 4.74 Å². The summed E-state index contributed by atoms with van der Waals surface area (Å²) >= 11 is 0. The summed E-state index contributed by atoms with van der Waals surface area (Å²) in [7, 11) is 1.27. The molecule has 1 aliphatic heterocycles. The van der Waals surface area contributed by atoms with E-state index in [0.29, 0.717) is 19.5 Å². The number of nitrogens with two attached hydrogens (primary N) is 1. The van der Waals surface area contributed by atoms with E-state index < -0.39 is 11.0 Å². The lowest BCUT2D eigenvalue weighted by molar-refractivity contribution is -0.383. The summed E-state index contributed by atoms with van der Waals surface area (Å²) in [6.07, 6.45) is 1.28. The molecule has 11 heteroatoms. The molecule has 2 heterocycles. The number of hydrogen-bond donors (Lipinski definition) is 3. The summed E-state index contributed by atoms with van der Waals surface area (Å²) < 4.78 is 4.52. The van der Waals surface area contributed by atoms with Gasteiger partial charge in [0.25, 0.3) is 0 Å². The first-order valence-corrected chi connectivity index (χ1v) is 6.12. The number of nitrogens with one attached hydrogen (secondary N) is 2. The number of nitrogens with zero attached hydrogens (tertiary/aromatic N) is 4. The van der Waals surface area contributed by atoms with Crippen LogP contribution in [0.5, 0.6) is 0 Å². The van der Waals surface area contributed by atoms with Gasteiger partial charge >= 0.3 is 11.8 Å². The molecule has 0 radical (unpaired) electrons. The van der Waals surface area contributed by atoms with E-state index in [0.717, 1.165) is 0 Å². The zero-order chi connectivity index (χ0) is 15.4. The Bertz CT molecular complexity index is 552. The molecule has 1 aromatic heterocycles. The zero-order valence-electron chi connectivity index (χ0n) is 11.3. The van der Waals surface area contributed by atoms with Crippen molar-refractivity contribution in [2.75, 3.05) is 30.5 Å². The maximum absolute atomic E-state index is 11.2. The summed E-state index contributed by atoms with van der Waals surface area (Å²) in [6, 6.07) is -0.165. The quantitative estimate of drug-likeness (QED) is 0.383. The minimum atomic E-state index is -0.592. The number of rotatable bonds is 4. The molecule has 1 unspecified atom stereocenters. The van der Waals surface area contributed by atoms with Crippen molar-refractivity contribution in [3.05, 3.63) is 16.4 Å². The van der Waals surface area contributed by atoms with E-state index in [-0.39, 0.29) is 23.4 Å². The largest absolute Gasteiger partial charge is 0.453 e. The second-order valence-corrected chi connectivity index (χ2v) is 4.36. The highest BCUT2D eigenvalue weighted by Crippen LogP contribution is 2.32. The number of carbonyl (C=O) groups is 1. The van der Waals surface area contributed by atoms with Crippen LogP contribution >= 0.6 is 0 Å².